The SMILES string of the molecule is COc1c(Cl)ccc(NC(=O)C(N=Nc2cccc([N+](=O)[O-])c2)C(C)=O)c1OC. The van der Waals surface area contributed by atoms with Crippen LogP contribution in [0.5, 0.6) is 11.5 Å². The summed E-state index contributed by atoms with van der Waals surface area (Å²) in [6.45, 7) is 1.18. The second-order valence-corrected chi connectivity index (χ2v) is 6.06. The number of rotatable bonds is 8. The molecule has 1 atom stereocenters. The quantitative estimate of drug-likeness (QED) is 0.297. The van der Waals surface area contributed by atoms with E-state index in [9.17, 15) is 19.7 Å². The third-order valence-corrected chi connectivity index (χ3v) is 3.99. The Labute approximate surface area is 170 Å². The van der Waals surface area contributed by atoms with Crippen molar-refractivity contribution in [1.29, 1.82) is 0 Å². The van der Waals surface area contributed by atoms with E-state index in [4.69, 9.17) is 21.1 Å². The van der Waals surface area contributed by atoms with Crippen molar-refractivity contribution in [2.24, 2.45) is 10.2 Å². The number of hydrogen-bond acceptors (Lipinski definition) is 8. The number of azo groups is 1. The van der Waals surface area contributed by atoms with Crippen molar-refractivity contribution < 1.29 is 24.0 Å². The molecule has 1 unspecified atom stereocenters. The van der Waals surface area contributed by atoms with Gasteiger partial charge in [-0.2, -0.15) is 10.2 Å². The molecule has 0 saturated carbocycles. The Bertz CT molecular complexity index is 979. The van der Waals surface area contributed by atoms with Crippen LogP contribution in [0.25, 0.3) is 0 Å². The van der Waals surface area contributed by atoms with Gasteiger partial charge in [-0.3, -0.25) is 19.7 Å². The number of methoxy groups -OCH3 is 2. The molecule has 10 nitrogen and oxygen atoms in total. The van der Waals surface area contributed by atoms with Gasteiger partial charge in [0.05, 0.1) is 35.5 Å². The molecule has 1 amide bonds. The molecule has 152 valence electrons. The highest BCUT2D eigenvalue weighted by Crippen LogP contribution is 2.40. The van der Waals surface area contributed by atoms with Crippen molar-refractivity contribution in [1.82, 2.24) is 0 Å². The number of anilines is 1. The molecule has 0 heterocycles. The first-order valence-electron chi connectivity index (χ1n) is 8.15. The van der Waals surface area contributed by atoms with Crippen LogP contribution < -0.4 is 14.8 Å². The average Bonchev–Trinajstić information content (AvgIpc) is 2.69. The van der Waals surface area contributed by atoms with Gasteiger partial charge >= 0.3 is 0 Å². The smallest absolute Gasteiger partial charge is 0.271 e. The summed E-state index contributed by atoms with van der Waals surface area (Å²) in [5.74, 6) is -0.957. The molecule has 0 radical (unpaired) electrons. The first-order valence-corrected chi connectivity index (χ1v) is 8.53. The first kappa shape index (κ1) is 21.8. The Morgan fingerprint density at radius 1 is 1.17 bits per heavy atom. The van der Waals surface area contributed by atoms with Gasteiger partial charge < -0.3 is 14.8 Å². The highest BCUT2D eigenvalue weighted by atomic mass is 35.5. The number of hydrogen-bond donors (Lipinski definition) is 1. The number of carbonyl (C=O) groups is 2. The van der Waals surface area contributed by atoms with Crippen molar-refractivity contribution in [3.63, 3.8) is 0 Å². The van der Waals surface area contributed by atoms with E-state index in [0.29, 0.717) is 0 Å². The normalized spacial score (nSPS) is 11.7. The number of non-ortho nitro benzene ring substituents is 1. The number of halogens is 1. The standard InChI is InChI=1S/C18H17ClN4O6/c1-10(24)15(22-21-11-5-4-6-12(9-11)23(26)27)18(25)20-14-8-7-13(19)16(28-2)17(14)29-3/h4-9,15H,1-3H3,(H,20,25). The van der Waals surface area contributed by atoms with Crippen molar-refractivity contribution in [2.45, 2.75) is 13.0 Å². The maximum absolute atomic E-state index is 12.6. The fourth-order valence-corrected chi connectivity index (χ4v) is 2.57. The van der Waals surface area contributed by atoms with E-state index in [0.717, 1.165) is 0 Å². The number of Topliss-reactive ketones (excluding diaryl/α,β-unsaturated/α-hetero) is 1. The molecule has 1 N–H and O–H groups in total. The van der Waals surface area contributed by atoms with Crippen LogP contribution in [0.1, 0.15) is 6.92 Å². The zero-order valence-electron chi connectivity index (χ0n) is 15.7. The molecule has 0 aliphatic rings. The van der Waals surface area contributed by atoms with Gasteiger partial charge in [-0.15, -0.1) is 0 Å². The van der Waals surface area contributed by atoms with Gasteiger partial charge in [0, 0.05) is 12.1 Å². The van der Waals surface area contributed by atoms with Gasteiger partial charge in [-0.05, 0) is 25.1 Å². The number of ether oxygens (including phenoxy) is 2. The van der Waals surface area contributed by atoms with E-state index in [2.05, 4.69) is 15.5 Å². The van der Waals surface area contributed by atoms with Crippen LogP contribution in [0.15, 0.2) is 46.6 Å². The molecule has 2 rings (SSSR count). The lowest BCUT2D eigenvalue weighted by Crippen LogP contribution is -2.32. The summed E-state index contributed by atoms with van der Waals surface area (Å²) in [5, 5.41) is 21.2. The van der Waals surface area contributed by atoms with Crippen molar-refractivity contribution in [3.05, 3.63) is 51.5 Å². The lowest BCUT2D eigenvalue weighted by Gasteiger charge is -2.15. The summed E-state index contributed by atoms with van der Waals surface area (Å²) in [4.78, 5) is 34.7. The predicted molar refractivity (Wildman–Crippen MR) is 105 cm³/mol. The van der Waals surface area contributed by atoms with Gasteiger partial charge in [0.1, 0.15) is 0 Å². The predicted octanol–water partition coefficient (Wildman–Crippen LogP) is 3.95. The largest absolute Gasteiger partial charge is 0.491 e. The Hall–Kier alpha value is -3.53. The van der Waals surface area contributed by atoms with Crippen molar-refractivity contribution in [3.8, 4) is 11.5 Å². The van der Waals surface area contributed by atoms with Gasteiger partial charge in [0.25, 0.3) is 11.6 Å². The van der Waals surface area contributed by atoms with E-state index in [-0.39, 0.29) is 33.6 Å². The summed E-state index contributed by atoms with van der Waals surface area (Å²) in [5.41, 5.74) is 0.155. The van der Waals surface area contributed by atoms with Crippen molar-refractivity contribution >= 4 is 40.4 Å². The Morgan fingerprint density at radius 2 is 1.86 bits per heavy atom. The van der Waals surface area contributed by atoms with Crippen LogP contribution in [0, 0.1) is 10.1 Å². The maximum atomic E-state index is 12.6. The van der Waals surface area contributed by atoms with Crippen LogP contribution in [0.2, 0.25) is 5.02 Å². The van der Waals surface area contributed by atoms with E-state index in [1.54, 1.807) is 0 Å². The molecule has 0 aromatic heterocycles. The molecule has 0 bridgehead atoms. The van der Waals surface area contributed by atoms with Crippen LogP contribution in [-0.2, 0) is 9.59 Å². The van der Waals surface area contributed by atoms with E-state index in [1.807, 2.05) is 0 Å². The van der Waals surface area contributed by atoms with Crippen molar-refractivity contribution in [2.75, 3.05) is 19.5 Å². The zero-order chi connectivity index (χ0) is 21.6. The molecule has 2 aromatic rings. The van der Waals surface area contributed by atoms with E-state index >= 15 is 0 Å². The zero-order valence-corrected chi connectivity index (χ0v) is 16.5. The summed E-state index contributed by atoms with van der Waals surface area (Å²) in [6, 6.07) is 6.84. The topological polar surface area (TPSA) is 132 Å². The van der Waals surface area contributed by atoms with Gasteiger partial charge in [-0.1, -0.05) is 17.7 Å². The molecular formula is C18H17ClN4O6. The minimum absolute atomic E-state index is 0.129. The fraction of sp³-hybridized carbons (Fsp3) is 0.222. The number of ketones is 1. The third kappa shape index (κ3) is 5.26. The number of nitrogens with one attached hydrogen (secondary N) is 1. The molecule has 0 saturated heterocycles. The highest BCUT2D eigenvalue weighted by Gasteiger charge is 2.25. The van der Waals surface area contributed by atoms with E-state index in [1.165, 1.54) is 57.5 Å². The maximum Gasteiger partial charge on any atom is 0.271 e. The van der Waals surface area contributed by atoms with Gasteiger partial charge in [0.15, 0.2) is 17.3 Å². The first-order chi connectivity index (χ1) is 13.8. The number of nitrogens with zero attached hydrogens (tertiary/aromatic N) is 3. The number of benzene rings is 2. The van der Waals surface area contributed by atoms with Crippen LogP contribution in [-0.4, -0.2) is 36.9 Å². The summed E-state index contributed by atoms with van der Waals surface area (Å²) in [7, 11) is 2.76. The minimum atomic E-state index is -1.47. The molecule has 11 heteroatoms. The second kappa shape index (κ2) is 9.60. The Morgan fingerprint density at radius 3 is 2.45 bits per heavy atom. The van der Waals surface area contributed by atoms with Gasteiger partial charge in [-0.25, -0.2) is 0 Å². The average molecular weight is 421 g/mol. The number of amides is 1. The molecule has 0 fully saturated rings. The molecule has 29 heavy (non-hydrogen) atoms. The third-order valence-electron chi connectivity index (χ3n) is 3.69. The number of nitro groups is 1. The summed E-state index contributed by atoms with van der Waals surface area (Å²) >= 11 is 6.03. The molecule has 0 aliphatic carbocycles. The molecule has 2 aromatic carbocycles. The number of carbonyl (C=O) groups excluding carboxylic acids is 2. The molecular weight excluding hydrogens is 404 g/mol. The lowest BCUT2D eigenvalue weighted by atomic mass is 10.2. The highest BCUT2D eigenvalue weighted by molar-refractivity contribution is 6.32. The molecule has 0 aliphatic heterocycles. The fourth-order valence-electron chi connectivity index (χ4n) is 2.34. The van der Waals surface area contributed by atoms with Gasteiger partial charge in [0.2, 0.25) is 6.04 Å². The Kier molecular flexibility index (Phi) is 7.21. The van der Waals surface area contributed by atoms with E-state index < -0.39 is 22.7 Å². The monoisotopic (exact) mass is 420 g/mol. The minimum Gasteiger partial charge on any atom is -0.491 e. The lowest BCUT2D eigenvalue weighted by molar-refractivity contribution is -0.384. The van der Waals surface area contributed by atoms with Crippen LogP contribution >= 0.6 is 11.6 Å². The summed E-state index contributed by atoms with van der Waals surface area (Å²) in [6.07, 6.45) is 0. The molecule has 0 spiro atoms. The number of nitro benzene ring substituents is 1. The second-order valence-electron chi connectivity index (χ2n) is 5.66. The summed E-state index contributed by atoms with van der Waals surface area (Å²) < 4.78 is 10.4. The van der Waals surface area contributed by atoms with Crippen LogP contribution in [0.3, 0.4) is 0 Å². The Balaban J connectivity index is 2.28. The van der Waals surface area contributed by atoms with Crippen LogP contribution in [0.4, 0.5) is 17.1 Å².